The highest BCUT2D eigenvalue weighted by Gasteiger charge is 2.63. The molecule has 1 fully saturated rings. The second-order valence-electron chi connectivity index (χ2n) is 4.99. The first-order chi connectivity index (χ1) is 9.50. The lowest BCUT2D eigenvalue weighted by molar-refractivity contribution is -0.146. The maximum Gasteiger partial charge on any atom is 0.320 e. The van der Waals surface area contributed by atoms with E-state index in [-0.39, 0.29) is 11.9 Å². The Bertz CT molecular complexity index is 702. The highest BCUT2D eigenvalue weighted by molar-refractivity contribution is 14.1. The second kappa shape index (κ2) is 4.84. The minimum Gasteiger partial charge on any atom is -0.465 e. The fourth-order valence-electron chi connectivity index (χ4n) is 2.59. The molecule has 0 spiro atoms. The maximum absolute atomic E-state index is 12.3. The van der Waals surface area contributed by atoms with E-state index >= 15 is 0 Å². The third kappa shape index (κ3) is 1.92. The Balaban J connectivity index is 2.17. The average molecular weight is 406 g/mol. The average Bonchev–Trinajstić information content (AvgIpc) is 2.87. The number of hydrogen-bond acceptors (Lipinski definition) is 4. The van der Waals surface area contributed by atoms with Crippen LogP contribution in [-0.2, 0) is 14.9 Å². The first-order valence-electron chi connectivity index (χ1n) is 6.38. The highest BCUT2D eigenvalue weighted by Crippen LogP contribution is 2.54. The summed E-state index contributed by atoms with van der Waals surface area (Å²) in [5, 5.41) is 4.67. The fraction of sp³-hybridized carbons (Fsp3) is 0.462. The van der Waals surface area contributed by atoms with E-state index in [1.54, 1.807) is 23.7 Å². The summed E-state index contributed by atoms with van der Waals surface area (Å²) in [6, 6.07) is 1.77. The number of esters is 1. The van der Waals surface area contributed by atoms with E-state index in [0.29, 0.717) is 17.6 Å². The zero-order chi connectivity index (χ0) is 14.5. The van der Waals surface area contributed by atoms with Crippen molar-refractivity contribution in [3.05, 3.63) is 26.8 Å². The van der Waals surface area contributed by atoms with Gasteiger partial charge >= 0.3 is 5.97 Å². The predicted molar refractivity (Wildman–Crippen MR) is 82.8 cm³/mol. The molecule has 2 heterocycles. The quantitative estimate of drug-likeness (QED) is 0.582. The van der Waals surface area contributed by atoms with Crippen LogP contribution in [0.5, 0.6) is 0 Å². The van der Waals surface area contributed by atoms with Gasteiger partial charge in [0.05, 0.1) is 18.3 Å². The number of hydrogen-bond donors (Lipinski definition) is 0. The van der Waals surface area contributed by atoms with Crippen LogP contribution in [0.25, 0.3) is 5.52 Å². The molecule has 2 aromatic rings. The summed E-state index contributed by atoms with van der Waals surface area (Å²) in [4.78, 5) is 16.7. The molecule has 0 aliphatic heterocycles. The van der Waals surface area contributed by atoms with Gasteiger partial charge in [-0.2, -0.15) is 5.10 Å². The molecule has 1 saturated carbocycles. The Kier molecular flexibility index (Phi) is 3.40. The molecule has 0 bridgehead atoms. The molecule has 1 aliphatic rings. The van der Waals surface area contributed by atoms with Gasteiger partial charge in [0.1, 0.15) is 11.2 Å². The fourth-order valence-corrected chi connectivity index (χ4v) is 3.62. The van der Waals surface area contributed by atoms with E-state index < -0.39 is 5.41 Å². The van der Waals surface area contributed by atoms with Gasteiger partial charge in [-0.25, -0.2) is 9.50 Å². The number of carbonyl (C=O) groups is 1. The van der Waals surface area contributed by atoms with Gasteiger partial charge in [0, 0.05) is 3.57 Å². The zero-order valence-corrected chi connectivity index (χ0v) is 14.0. The van der Waals surface area contributed by atoms with Crippen molar-refractivity contribution in [2.24, 2.45) is 5.92 Å². The summed E-state index contributed by atoms with van der Waals surface area (Å²) in [6.07, 6.45) is 2.46. The van der Waals surface area contributed by atoms with Crippen LogP contribution in [0.2, 0.25) is 5.15 Å². The lowest BCUT2D eigenvalue weighted by Gasteiger charge is -2.14. The first kappa shape index (κ1) is 14.1. The molecule has 0 saturated heterocycles. The van der Waals surface area contributed by atoms with Crippen molar-refractivity contribution in [2.45, 2.75) is 25.7 Å². The first-order valence-corrected chi connectivity index (χ1v) is 7.84. The van der Waals surface area contributed by atoms with Gasteiger partial charge in [-0.1, -0.05) is 18.5 Å². The van der Waals surface area contributed by atoms with E-state index in [4.69, 9.17) is 16.3 Å². The topological polar surface area (TPSA) is 56.5 Å². The zero-order valence-electron chi connectivity index (χ0n) is 11.1. The Morgan fingerprint density at radius 2 is 2.40 bits per heavy atom. The minimum absolute atomic E-state index is 0.200. The Hall–Kier alpha value is -0.890. The molecule has 20 heavy (non-hydrogen) atoms. The van der Waals surface area contributed by atoms with E-state index in [1.807, 2.05) is 6.92 Å². The van der Waals surface area contributed by atoms with Crippen LogP contribution < -0.4 is 0 Å². The molecule has 1 aliphatic carbocycles. The number of halogens is 2. The summed E-state index contributed by atoms with van der Waals surface area (Å²) >= 11 is 8.20. The van der Waals surface area contributed by atoms with Crippen molar-refractivity contribution < 1.29 is 9.53 Å². The highest BCUT2D eigenvalue weighted by atomic mass is 127. The second-order valence-corrected chi connectivity index (χ2v) is 6.54. The summed E-state index contributed by atoms with van der Waals surface area (Å²) in [7, 11) is 0. The molecule has 5 nitrogen and oxygen atoms in total. The molecule has 0 unspecified atom stereocenters. The van der Waals surface area contributed by atoms with E-state index in [9.17, 15) is 4.79 Å². The maximum atomic E-state index is 12.3. The van der Waals surface area contributed by atoms with Crippen LogP contribution in [-0.4, -0.2) is 27.2 Å². The van der Waals surface area contributed by atoms with Gasteiger partial charge < -0.3 is 4.74 Å². The van der Waals surface area contributed by atoms with Crippen molar-refractivity contribution >= 4 is 45.7 Å². The van der Waals surface area contributed by atoms with Crippen LogP contribution in [0.4, 0.5) is 0 Å². The van der Waals surface area contributed by atoms with E-state index in [1.165, 1.54) is 0 Å². The lowest BCUT2D eigenvalue weighted by Crippen LogP contribution is -2.28. The smallest absolute Gasteiger partial charge is 0.320 e. The number of imidazole rings is 1. The summed E-state index contributed by atoms with van der Waals surface area (Å²) in [5.74, 6) is 0.598. The minimum atomic E-state index is -0.677. The number of fused-ring (bicyclic) bond motifs is 1. The standard InChI is InChI=1S/C13H13ClIN3O2/c1-3-20-12(19)13(5-7(13)2)11-16-6-9-8(15)4-10(14)17-18(9)11/h4,6-7H,3,5H2,1-2H3/t7-,13+/m0/s1. The molecule has 7 heteroatoms. The summed E-state index contributed by atoms with van der Waals surface area (Å²) < 4.78 is 7.84. The van der Waals surface area contributed by atoms with Crippen LogP contribution in [0.15, 0.2) is 12.3 Å². The number of ether oxygens (including phenoxy) is 1. The molecular weight excluding hydrogens is 393 g/mol. The third-order valence-electron chi connectivity index (χ3n) is 3.77. The Morgan fingerprint density at radius 1 is 1.70 bits per heavy atom. The van der Waals surface area contributed by atoms with Crippen molar-refractivity contribution in [3.63, 3.8) is 0 Å². The Morgan fingerprint density at radius 3 is 3.00 bits per heavy atom. The van der Waals surface area contributed by atoms with E-state index in [2.05, 4.69) is 32.7 Å². The third-order valence-corrected chi connectivity index (χ3v) is 4.82. The molecular formula is C13H13ClIN3O2. The molecule has 3 rings (SSSR count). The van der Waals surface area contributed by atoms with Gasteiger partial charge in [-0.15, -0.1) is 0 Å². The molecule has 0 amide bonds. The van der Waals surface area contributed by atoms with Gasteiger partial charge in [0.25, 0.3) is 0 Å². The predicted octanol–water partition coefficient (Wildman–Crippen LogP) is 2.83. The van der Waals surface area contributed by atoms with E-state index in [0.717, 1.165) is 15.5 Å². The van der Waals surface area contributed by atoms with Gasteiger partial charge in [-0.05, 0) is 47.9 Å². The molecule has 106 valence electrons. The van der Waals surface area contributed by atoms with Crippen molar-refractivity contribution in [1.29, 1.82) is 0 Å². The normalized spacial score (nSPS) is 24.9. The molecule has 2 atom stereocenters. The van der Waals surface area contributed by atoms with Crippen molar-refractivity contribution in [3.8, 4) is 0 Å². The Labute approximate surface area is 134 Å². The number of carbonyl (C=O) groups excluding carboxylic acids is 1. The monoisotopic (exact) mass is 405 g/mol. The summed E-state index contributed by atoms with van der Waals surface area (Å²) in [5.41, 5.74) is 0.177. The van der Waals surface area contributed by atoms with Gasteiger partial charge in [0.15, 0.2) is 5.15 Å². The van der Waals surface area contributed by atoms with Crippen LogP contribution in [0.3, 0.4) is 0 Å². The number of rotatable bonds is 3. The van der Waals surface area contributed by atoms with Crippen molar-refractivity contribution in [2.75, 3.05) is 6.61 Å². The molecule has 0 radical (unpaired) electrons. The summed E-state index contributed by atoms with van der Waals surface area (Å²) in [6.45, 7) is 4.19. The van der Waals surface area contributed by atoms with Crippen LogP contribution in [0, 0.1) is 9.49 Å². The van der Waals surface area contributed by atoms with Gasteiger partial charge in [0.2, 0.25) is 0 Å². The molecule has 0 N–H and O–H groups in total. The largest absolute Gasteiger partial charge is 0.465 e. The van der Waals surface area contributed by atoms with Crippen LogP contribution >= 0.6 is 34.2 Å². The van der Waals surface area contributed by atoms with Crippen LogP contribution in [0.1, 0.15) is 26.1 Å². The van der Waals surface area contributed by atoms with Crippen molar-refractivity contribution in [1.82, 2.24) is 14.6 Å². The SMILES string of the molecule is CCOC(=O)[C@]1(c2ncc3c(I)cc(Cl)nn23)C[C@@H]1C. The molecule has 2 aromatic heterocycles. The molecule has 0 aromatic carbocycles. The number of nitrogens with zero attached hydrogens (tertiary/aromatic N) is 3. The lowest BCUT2D eigenvalue weighted by atomic mass is 10.0. The van der Waals surface area contributed by atoms with Gasteiger partial charge in [-0.3, -0.25) is 4.79 Å². The number of aromatic nitrogens is 3.